The van der Waals surface area contributed by atoms with Gasteiger partial charge in [-0.3, -0.25) is 0 Å². The average molecular weight is 388 g/mol. The minimum absolute atomic E-state index is 0.179. The van der Waals surface area contributed by atoms with E-state index < -0.39 is 11.9 Å². The Bertz CT molecular complexity index is 1070. The second-order valence-electron chi connectivity index (χ2n) is 6.31. The molecule has 0 atom stereocenters. The van der Waals surface area contributed by atoms with E-state index in [4.69, 9.17) is 14.2 Å². The number of hydrogen-bond acceptors (Lipinski definition) is 5. The van der Waals surface area contributed by atoms with Crippen molar-refractivity contribution in [3.05, 3.63) is 90.5 Å². The Morgan fingerprint density at radius 2 is 1.66 bits per heavy atom. The Kier molecular flexibility index (Phi) is 6.43. The SMILES string of the molecule is C=C(C)C(=O)OCOc1ccc2cc(/C=C/C(=O)Oc3ccccc3)ccc2c1. The Hall–Kier alpha value is -3.86. The van der Waals surface area contributed by atoms with Crippen LogP contribution in [-0.2, 0) is 14.3 Å². The van der Waals surface area contributed by atoms with Crippen LogP contribution in [0.4, 0.5) is 0 Å². The Morgan fingerprint density at radius 3 is 2.41 bits per heavy atom. The summed E-state index contributed by atoms with van der Waals surface area (Å²) in [6.07, 6.45) is 3.09. The molecule has 0 radical (unpaired) electrons. The highest BCUT2D eigenvalue weighted by atomic mass is 16.7. The first kappa shape index (κ1) is 19.9. The molecule has 0 spiro atoms. The zero-order valence-corrected chi connectivity index (χ0v) is 16.0. The lowest BCUT2D eigenvalue weighted by Gasteiger charge is -2.08. The first-order valence-electron chi connectivity index (χ1n) is 8.95. The lowest BCUT2D eigenvalue weighted by Crippen LogP contribution is -2.10. The highest BCUT2D eigenvalue weighted by Gasteiger charge is 2.04. The molecule has 0 bridgehead atoms. The van der Waals surface area contributed by atoms with Gasteiger partial charge < -0.3 is 14.2 Å². The van der Waals surface area contributed by atoms with E-state index in [0.29, 0.717) is 17.1 Å². The minimum Gasteiger partial charge on any atom is -0.457 e. The smallest absolute Gasteiger partial charge is 0.336 e. The molecule has 146 valence electrons. The number of carbonyl (C=O) groups excluding carboxylic acids is 2. The van der Waals surface area contributed by atoms with E-state index in [1.165, 1.54) is 6.08 Å². The van der Waals surface area contributed by atoms with Gasteiger partial charge in [-0.2, -0.15) is 0 Å². The first-order chi connectivity index (χ1) is 14.0. The fraction of sp³-hybridized carbons (Fsp3) is 0.0833. The number of fused-ring (bicyclic) bond motifs is 1. The second kappa shape index (κ2) is 9.37. The normalized spacial score (nSPS) is 10.7. The number of rotatable bonds is 7. The molecular formula is C24H20O5. The lowest BCUT2D eigenvalue weighted by atomic mass is 10.1. The highest BCUT2D eigenvalue weighted by molar-refractivity contribution is 5.91. The molecule has 0 heterocycles. The van der Waals surface area contributed by atoms with Crippen LogP contribution in [-0.4, -0.2) is 18.7 Å². The molecule has 0 N–H and O–H groups in total. The van der Waals surface area contributed by atoms with Crippen molar-refractivity contribution in [1.82, 2.24) is 0 Å². The van der Waals surface area contributed by atoms with Gasteiger partial charge in [0.1, 0.15) is 11.5 Å². The van der Waals surface area contributed by atoms with E-state index in [9.17, 15) is 9.59 Å². The Morgan fingerprint density at radius 1 is 0.931 bits per heavy atom. The molecule has 0 aromatic heterocycles. The maximum atomic E-state index is 11.9. The van der Waals surface area contributed by atoms with Gasteiger partial charge in [-0.15, -0.1) is 0 Å². The maximum absolute atomic E-state index is 11.9. The molecule has 0 saturated heterocycles. The zero-order chi connectivity index (χ0) is 20.6. The largest absolute Gasteiger partial charge is 0.457 e. The van der Waals surface area contributed by atoms with Crippen LogP contribution in [0.25, 0.3) is 16.8 Å². The summed E-state index contributed by atoms with van der Waals surface area (Å²) in [6, 6.07) is 20.2. The summed E-state index contributed by atoms with van der Waals surface area (Å²) < 4.78 is 15.6. The predicted molar refractivity (Wildman–Crippen MR) is 111 cm³/mol. The molecule has 0 aliphatic heterocycles. The molecule has 5 nitrogen and oxygen atoms in total. The van der Waals surface area contributed by atoms with Gasteiger partial charge in [-0.25, -0.2) is 9.59 Å². The van der Waals surface area contributed by atoms with Crippen molar-refractivity contribution in [2.75, 3.05) is 6.79 Å². The van der Waals surface area contributed by atoms with E-state index in [1.54, 1.807) is 43.3 Å². The summed E-state index contributed by atoms with van der Waals surface area (Å²) in [4.78, 5) is 23.3. The standard InChI is InChI=1S/C24H20O5/c1-17(2)24(26)28-16-27-22-12-11-19-14-18(8-10-20(19)15-22)9-13-23(25)29-21-6-4-3-5-7-21/h3-15H,1,16H2,2H3/b13-9+. The third-order valence-electron chi connectivity index (χ3n) is 3.97. The molecular weight excluding hydrogens is 368 g/mol. The van der Waals surface area contributed by atoms with Crippen LogP contribution in [0.15, 0.2) is 85.0 Å². The van der Waals surface area contributed by atoms with Gasteiger partial charge in [0.15, 0.2) is 0 Å². The monoisotopic (exact) mass is 388 g/mol. The van der Waals surface area contributed by atoms with Gasteiger partial charge in [-0.1, -0.05) is 43.0 Å². The first-order valence-corrected chi connectivity index (χ1v) is 8.95. The van der Waals surface area contributed by atoms with Gasteiger partial charge in [0.25, 0.3) is 0 Å². The van der Waals surface area contributed by atoms with Crippen LogP contribution in [0.1, 0.15) is 12.5 Å². The Balaban J connectivity index is 1.62. The molecule has 0 amide bonds. The summed E-state index contributed by atoms with van der Waals surface area (Å²) in [6.45, 7) is 4.91. The van der Waals surface area contributed by atoms with Gasteiger partial charge in [0.2, 0.25) is 6.79 Å². The number of benzene rings is 3. The number of ether oxygens (including phenoxy) is 3. The summed E-state index contributed by atoms with van der Waals surface area (Å²) in [7, 11) is 0. The summed E-state index contributed by atoms with van der Waals surface area (Å²) in [5, 5.41) is 1.94. The third kappa shape index (κ3) is 5.81. The maximum Gasteiger partial charge on any atom is 0.336 e. The topological polar surface area (TPSA) is 61.8 Å². The van der Waals surface area contributed by atoms with Crippen LogP contribution < -0.4 is 9.47 Å². The van der Waals surface area contributed by atoms with E-state index in [2.05, 4.69) is 6.58 Å². The van der Waals surface area contributed by atoms with E-state index in [1.807, 2.05) is 36.4 Å². The van der Waals surface area contributed by atoms with Crippen LogP contribution in [0, 0.1) is 0 Å². The van der Waals surface area contributed by atoms with Gasteiger partial charge >= 0.3 is 11.9 Å². The molecule has 0 unspecified atom stereocenters. The number of carbonyl (C=O) groups is 2. The summed E-state index contributed by atoms with van der Waals surface area (Å²) in [5.74, 6) is 0.154. The van der Waals surface area contributed by atoms with Crippen LogP contribution in [0.3, 0.4) is 0 Å². The van der Waals surface area contributed by atoms with Gasteiger partial charge in [0.05, 0.1) is 0 Å². The van der Waals surface area contributed by atoms with E-state index in [0.717, 1.165) is 16.3 Å². The van der Waals surface area contributed by atoms with E-state index in [-0.39, 0.29) is 6.79 Å². The van der Waals surface area contributed by atoms with Crippen molar-refractivity contribution in [3.63, 3.8) is 0 Å². The second-order valence-corrected chi connectivity index (χ2v) is 6.31. The van der Waals surface area contributed by atoms with Crippen LogP contribution in [0.5, 0.6) is 11.5 Å². The molecule has 0 saturated carbocycles. The summed E-state index contributed by atoms with van der Waals surface area (Å²) in [5.41, 5.74) is 1.19. The summed E-state index contributed by atoms with van der Waals surface area (Å²) >= 11 is 0. The molecule has 3 rings (SSSR count). The zero-order valence-electron chi connectivity index (χ0n) is 16.0. The average Bonchev–Trinajstić information content (AvgIpc) is 2.72. The third-order valence-corrected chi connectivity index (χ3v) is 3.97. The molecule has 0 fully saturated rings. The molecule has 3 aromatic carbocycles. The van der Waals surface area contributed by atoms with E-state index >= 15 is 0 Å². The number of esters is 2. The molecule has 0 aliphatic carbocycles. The molecule has 0 aliphatic rings. The molecule has 3 aromatic rings. The molecule has 29 heavy (non-hydrogen) atoms. The van der Waals surface area contributed by atoms with Crippen molar-refractivity contribution in [1.29, 1.82) is 0 Å². The van der Waals surface area contributed by atoms with Crippen molar-refractivity contribution >= 4 is 28.8 Å². The van der Waals surface area contributed by atoms with Crippen LogP contribution >= 0.6 is 0 Å². The quantitative estimate of drug-likeness (QED) is 0.249. The predicted octanol–water partition coefficient (Wildman–Crippen LogP) is 4.91. The molecule has 5 heteroatoms. The van der Waals surface area contributed by atoms with Crippen LogP contribution in [0.2, 0.25) is 0 Å². The minimum atomic E-state index is -0.493. The van der Waals surface area contributed by atoms with Crippen molar-refractivity contribution < 1.29 is 23.8 Å². The fourth-order valence-electron chi connectivity index (χ4n) is 2.51. The highest BCUT2D eigenvalue weighted by Crippen LogP contribution is 2.23. The van der Waals surface area contributed by atoms with Crippen molar-refractivity contribution in [2.24, 2.45) is 0 Å². The number of hydrogen-bond donors (Lipinski definition) is 0. The Labute approximate surface area is 168 Å². The van der Waals surface area contributed by atoms with Gasteiger partial charge in [0, 0.05) is 11.6 Å². The van der Waals surface area contributed by atoms with Crippen molar-refractivity contribution in [2.45, 2.75) is 6.92 Å². The van der Waals surface area contributed by atoms with Crippen molar-refractivity contribution in [3.8, 4) is 11.5 Å². The van der Waals surface area contributed by atoms with Gasteiger partial charge in [-0.05, 0) is 59.7 Å². The number of para-hydroxylation sites is 1. The lowest BCUT2D eigenvalue weighted by molar-refractivity contribution is -0.145. The fourth-order valence-corrected chi connectivity index (χ4v) is 2.51.